The van der Waals surface area contributed by atoms with Crippen LogP contribution in [0.4, 0.5) is 0 Å². The molecule has 0 aliphatic carbocycles. The smallest absolute Gasteiger partial charge is 0.326 e. The van der Waals surface area contributed by atoms with E-state index in [4.69, 9.17) is 4.42 Å². The van der Waals surface area contributed by atoms with Gasteiger partial charge in [-0.15, -0.1) is 0 Å². The molecule has 2 saturated heterocycles. The molecule has 2 aromatic heterocycles. The largest absolute Gasteiger partial charge is 0.468 e. The minimum Gasteiger partial charge on any atom is -0.468 e. The van der Waals surface area contributed by atoms with E-state index in [9.17, 15) is 4.79 Å². The fourth-order valence-corrected chi connectivity index (χ4v) is 5.16. The predicted molar refractivity (Wildman–Crippen MR) is 114 cm³/mol. The molecule has 1 N–H and O–H groups in total. The third-order valence-corrected chi connectivity index (χ3v) is 6.90. The number of hydrogen-bond acceptors (Lipinski definition) is 4. The fourth-order valence-electron chi connectivity index (χ4n) is 5.16. The number of nitrogens with zero attached hydrogens (tertiary/aromatic N) is 3. The minimum atomic E-state index is 0.0335. The van der Waals surface area contributed by atoms with Gasteiger partial charge in [0.05, 0.1) is 23.8 Å². The predicted octanol–water partition coefficient (Wildman–Crippen LogP) is 3.53. The number of para-hydroxylation sites is 2. The third kappa shape index (κ3) is 3.67. The standard InChI is InChI=1S/C23H30N4O2/c1-17-10-15-29-22(17)16-25-11-6-18(7-12-25)26-13-8-19(9-14-26)27-21-5-3-2-4-20(21)24-23(27)28/h2-5,10,15,18-19H,6-9,11-14,16H2,1H3,(H,24,28). The van der Waals surface area contributed by atoms with Gasteiger partial charge in [0.15, 0.2) is 0 Å². The first-order valence-electron chi connectivity index (χ1n) is 10.9. The molecule has 0 unspecified atom stereocenters. The summed E-state index contributed by atoms with van der Waals surface area (Å²) in [5, 5.41) is 0. The van der Waals surface area contributed by atoms with Crippen LogP contribution in [0.3, 0.4) is 0 Å². The molecule has 2 fully saturated rings. The van der Waals surface area contributed by atoms with Crippen LogP contribution in [-0.2, 0) is 6.54 Å². The van der Waals surface area contributed by atoms with E-state index in [0.717, 1.165) is 62.4 Å². The summed E-state index contributed by atoms with van der Waals surface area (Å²) in [4.78, 5) is 20.7. The molecule has 2 aliphatic rings. The normalized spacial score (nSPS) is 20.6. The van der Waals surface area contributed by atoms with Crippen LogP contribution in [0.25, 0.3) is 11.0 Å². The van der Waals surface area contributed by atoms with Gasteiger partial charge in [0.25, 0.3) is 0 Å². The van der Waals surface area contributed by atoms with Gasteiger partial charge in [0, 0.05) is 38.3 Å². The van der Waals surface area contributed by atoms with Crippen molar-refractivity contribution < 1.29 is 4.42 Å². The maximum Gasteiger partial charge on any atom is 0.326 e. The molecule has 0 radical (unpaired) electrons. The van der Waals surface area contributed by atoms with Gasteiger partial charge < -0.3 is 14.3 Å². The lowest BCUT2D eigenvalue weighted by Gasteiger charge is -2.41. The van der Waals surface area contributed by atoms with E-state index >= 15 is 0 Å². The van der Waals surface area contributed by atoms with Gasteiger partial charge in [0.1, 0.15) is 5.76 Å². The van der Waals surface area contributed by atoms with Crippen LogP contribution in [0, 0.1) is 6.92 Å². The quantitative estimate of drug-likeness (QED) is 0.735. The maximum atomic E-state index is 12.5. The number of aromatic nitrogens is 2. The Bertz CT molecular complexity index is 1020. The number of H-pyrrole nitrogens is 1. The number of furan rings is 1. The number of aryl methyl sites for hydroxylation is 1. The Hall–Kier alpha value is -2.31. The van der Waals surface area contributed by atoms with Gasteiger partial charge in [-0.1, -0.05) is 12.1 Å². The number of hydrogen-bond donors (Lipinski definition) is 1. The summed E-state index contributed by atoms with van der Waals surface area (Å²) in [6, 6.07) is 11.0. The Morgan fingerprint density at radius 3 is 2.45 bits per heavy atom. The van der Waals surface area contributed by atoms with Crippen LogP contribution >= 0.6 is 0 Å². The molecular formula is C23H30N4O2. The molecule has 0 saturated carbocycles. The van der Waals surface area contributed by atoms with Crippen molar-refractivity contribution in [3.8, 4) is 0 Å². The lowest BCUT2D eigenvalue weighted by Crippen LogP contribution is -2.48. The van der Waals surface area contributed by atoms with Crippen LogP contribution in [0.15, 0.2) is 45.8 Å². The summed E-state index contributed by atoms with van der Waals surface area (Å²) in [5.41, 5.74) is 3.27. The van der Waals surface area contributed by atoms with Gasteiger partial charge >= 0.3 is 5.69 Å². The first kappa shape index (κ1) is 18.7. The Morgan fingerprint density at radius 2 is 1.72 bits per heavy atom. The molecule has 4 heterocycles. The molecule has 0 amide bonds. The highest BCUT2D eigenvalue weighted by Gasteiger charge is 2.30. The fraction of sp³-hybridized carbons (Fsp3) is 0.522. The van der Waals surface area contributed by atoms with Crippen molar-refractivity contribution in [1.29, 1.82) is 0 Å². The number of nitrogens with one attached hydrogen (secondary N) is 1. The molecule has 154 valence electrons. The Labute approximate surface area is 171 Å². The summed E-state index contributed by atoms with van der Waals surface area (Å²) >= 11 is 0. The van der Waals surface area contributed by atoms with Gasteiger partial charge in [0.2, 0.25) is 0 Å². The molecule has 6 heteroatoms. The molecular weight excluding hydrogens is 364 g/mol. The maximum absolute atomic E-state index is 12.5. The highest BCUT2D eigenvalue weighted by Crippen LogP contribution is 2.28. The third-order valence-electron chi connectivity index (χ3n) is 6.90. The van der Waals surface area contributed by atoms with Crippen molar-refractivity contribution in [2.75, 3.05) is 26.2 Å². The second-order valence-electron chi connectivity index (χ2n) is 8.62. The average Bonchev–Trinajstić information content (AvgIpc) is 3.30. The molecule has 2 aliphatic heterocycles. The van der Waals surface area contributed by atoms with Crippen LogP contribution in [0.2, 0.25) is 0 Å². The SMILES string of the molecule is Cc1ccoc1CN1CCC(N2CCC(n3c(=O)[nH]c4ccccc43)CC2)CC1. The van der Waals surface area contributed by atoms with E-state index in [1.165, 1.54) is 18.4 Å². The van der Waals surface area contributed by atoms with Crippen molar-refractivity contribution >= 4 is 11.0 Å². The van der Waals surface area contributed by atoms with Crippen LogP contribution < -0.4 is 5.69 Å². The van der Waals surface area contributed by atoms with Gasteiger partial charge in [-0.2, -0.15) is 0 Å². The van der Waals surface area contributed by atoms with Crippen molar-refractivity contribution in [2.45, 2.75) is 51.2 Å². The van der Waals surface area contributed by atoms with E-state index in [0.29, 0.717) is 12.1 Å². The molecule has 6 nitrogen and oxygen atoms in total. The van der Waals surface area contributed by atoms with Gasteiger partial charge in [-0.05, 0) is 56.4 Å². The number of rotatable bonds is 4. The highest BCUT2D eigenvalue weighted by molar-refractivity contribution is 5.75. The van der Waals surface area contributed by atoms with Gasteiger partial charge in [-0.3, -0.25) is 9.47 Å². The first-order chi connectivity index (χ1) is 14.2. The van der Waals surface area contributed by atoms with Crippen LogP contribution in [-0.4, -0.2) is 51.6 Å². The molecule has 0 spiro atoms. The lowest BCUT2D eigenvalue weighted by atomic mass is 9.97. The van der Waals surface area contributed by atoms with Crippen molar-refractivity contribution in [3.05, 3.63) is 58.4 Å². The number of imidazole rings is 1. The molecule has 29 heavy (non-hydrogen) atoms. The zero-order valence-corrected chi connectivity index (χ0v) is 17.1. The molecule has 3 aromatic rings. The number of aromatic amines is 1. The number of likely N-dealkylation sites (tertiary alicyclic amines) is 2. The molecule has 1 aromatic carbocycles. The zero-order chi connectivity index (χ0) is 19.8. The Kier molecular flexibility index (Phi) is 5.06. The summed E-state index contributed by atoms with van der Waals surface area (Å²) < 4.78 is 7.60. The summed E-state index contributed by atoms with van der Waals surface area (Å²) in [6.07, 6.45) is 6.33. The summed E-state index contributed by atoms with van der Waals surface area (Å²) in [5.74, 6) is 1.11. The number of fused-ring (bicyclic) bond motifs is 1. The Balaban J connectivity index is 1.17. The highest BCUT2D eigenvalue weighted by atomic mass is 16.3. The van der Waals surface area contributed by atoms with Crippen molar-refractivity contribution in [1.82, 2.24) is 19.4 Å². The van der Waals surface area contributed by atoms with Crippen LogP contribution in [0.1, 0.15) is 43.0 Å². The average molecular weight is 395 g/mol. The van der Waals surface area contributed by atoms with E-state index in [2.05, 4.69) is 27.8 Å². The number of piperidine rings is 2. The van der Waals surface area contributed by atoms with Gasteiger partial charge in [-0.25, -0.2) is 4.79 Å². The first-order valence-corrected chi connectivity index (χ1v) is 10.9. The van der Waals surface area contributed by atoms with E-state index < -0.39 is 0 Å². The second-order valence-corrected chi connectivity index (χ2v) is 8.62. The van der Waals surface area contributed by atoms with E-state index in [1.807, 2.05) is 28.8 Å². The van der Waals surface area contributed by atoms with E-state index in [1.54, 1.807) is 6.26 Å². The van der Waals surface area contributed by atoms with Crippen molar-refractivity contribution in [3.63, 3.8) is 0 Å². The van der Waals surface area contributed by atoms with Crippen LogP contribution in [0.5, 0.6) is 0 Å². The van der Waals surface area contributed by atoms with E-state index in [-0.39, 0.29) is 5.69 Å². The second kappa shape index (κ2) is 7.84. The molecule has 0 bridgehead atoms. The molecule has 0 atom stereocenters. The zero-order valence-electron chi connectivity index (χ0n) is 17.1. The summed E-state index contributed by atoms with van der Waals surface area (Å²) in [6.45, 7) is 7.47. The minimum absolute atomic E-state index is 0.0335. The summed E-state index contributed by atoms with van der Waals surface area (Å²) in [7, 11) is 0. The monoisotopic (exact) mass is 394 g/mol. The molecule has 5 rings (SSSR count). The lowest BCUT2D eigenvalue weighted by molar-refractivity contribution is 0.0745. The Morgan fingerprint density at radius 1 is 1.00 bits per heavy atom. The topological polar surface area (TPSA) is 57.4 Å². The number of benzene rings is 1. The van der Waals surface area contributed by atoms with Crippen molar-refractivity contribution in [2.24, 2.45) is 0 Å².